The van der Waals surface area contributed by atoms with Gasteiger partial charge in [0, 0.05) is 19.6 Å². The maximum atomic E-state index is 11.8. The highest BCUT2D eigenvalue weighted by Crippen LogP contribution is 2.17. The number of nitrogens with one attached hydrogen (secondary N) is 1. The predicted molar refractivity (Wildman–Crippen MR) is 57.7 cm³/mol. The van der Waals surface area contributed by atoms with E-state index in [0.717, 1.165) is 39.0 Å². The van der Waals surface area contributed by atoms with Crippen LogP contribution in [0.15, 0.2) is 0 Å². The van der Waals surface area contributed by atoms with Gasteiger partial charge >= 0.3 is 6.09 Å². The van der Waals surface area contributed by atoms with Crippen molar-refractivity contribution in [3.8, 4) is 0 Å². The molecule has 2 rings (SSSR count). The van der Waals surface area contributed by atoms with Gasteiger partial charge in [0.25, 0.3) is 0 Å². The van der Waals surface area contributed by atoms with Gasteiger partial charge in [0.2, 0.25) is 0 Å². The highest BCUT2D eigenvalue weighted by Gasteiger charge is 2.25. The molecular formula is C11H20N2O2. The highest BCUT2D eigenvalue weighted by atomic mass is 16.6. The molecule has 15 heavy (non-hydrogen) atoms. The lowest BCUT2D eigenvalue weighted by Gasteiger charge is -2.30. The summed E-state index contributed by atoms with van der Waals surface area (Å²) in [5.41, 5.74) is 0. The number of piperidine rings is 1. The maximum absolute atomic E-state index is 11.8. The van der Waals surface area contributed by atoms with Crippen molar-refractivity contribution >= 4 is 6.09 Å². The molecule has 0 saturated carbocycles. The molecule has 2 unspecified atom stereocenters. The quantitative estimate of drug-likeness (QED) is 0.710. The summed E-state index contributed by atoms with van der Waals surface area (Å²) in [4.78, 5) is 13.6. The topological polar surface area (TPSA) is 41.6 Å². The van der Waals surface area contributed by atoms with Crippen molar-refractivity contribution < 1.29 is 9.53 Å². The van der Waals surface area contributed by atoms with E-state index in [2.05, 4.69) is 12.2 Å². The molecule has 2 aliphatic rings. The summed E-state index contributed by atoms with van der Waals surface area (Å²) in [6.07, 6.45) is 3.27. The Balaban J connectivity index is 1.78. The van der Waals surface area contributed by atoms with Gasteiger partial charge in [-0.1, -0.05) is 6.92 Å². The van der Waals surface area contributed by atoms with E-state index >= 15 is 0 Å². The Morgan fingerprint density at radius 1 is 1.47 bits per heavy atom. The van der Waals surface area contributed by atoms with Crippen LogP contribution in [0.4, 0.5) is 4.79 Å². The van der Waals surface area contributed by atoms with E-state index in [9.17, 15) is 4.79 Å². The van der Waals surface area contributed by atoms with Gasteiger partial charge in [-0.15, -0.1) is 0 Å². The summed E-state index contributed by atoms with van der Waals surface area (Å²) in [7, 11) is 0. The third kappa shape index (κ3) is 2.84. The zero-order chi connectivity index (χ0) is 10.7. The van der Waals surface area contributed by atoms with E-state index < -0.39 is 0 Å². The molecule has 4 nitrogen and oxygen atoms in total. The van der Waals surface area contributed by atoms with Gasteiger partial charge in [-0.25, -0.2) is 4.79 Å². The zero-order valence-electron chi connectivity index (χ0n) is 9.37. The molecule has 2 heterocycles. The smallest absolute Gasteiger partial charge is 0.410 e. The minimum atomic E-state index is -0.116. The number of carbonyl (C=O) groups excluding carboxylic acids is 1. The minimum Gasteiger partial charge on any atom is -0.445 e. The first-order valence-corrected chi connectivity index (χ1v) is 5.92. The van der Waals surface area contributed by atoms with Gasteiger partial charge in [0.05, 0.1) is 0 Å². The molecule has 0 aromatic heterocycles. The number of amides is 1. The highest BCUT2D eigenvalue weighted by molar-refractivity contribution is 5.68. The second-order valence-electron chi connectivity index (χ2n) is 4.69. The summed E-state index contributed by atoms with van der Waals surface area (Å²) in [6.45, 7) is 5.70. The first kappa shape index (κ1) is 10.7. The summed E-state index contributed by atoms with van der Waals surface area (Å²) in [5.74, 6) is 0.619. The fourth-order valence-electron chi connectivity index (χ4n) is 2.30. The van der Waals surface area contributed by atoms with Crippen LogP contribution in [0, 0.1) is 5.92 Å². The SMILES string of the molecule is CC1CCCN(C(=O)OC2CCNC2)C1. The Morgan fingerprint density at radius 2 is 2.33 bits per heavy atom. The number of likely N-dealkylation sites (tertiary alicyclic amines) is 1. The van der Waals surface area contributed by atoms with Crippen molar-refractivity contribution in [1.29, 1.82) is 0 Å². The second-order valence-corrected chi connectivity index (χ2v) is 4.69. The average Bonchev–Trinajstić information content (AvgIpc) is 2.70. The van der Waals surface area contributed by atoms with Gasteiger partial charge in [0.1, 0.15) is 6.10 Å². The van der Waals surface area contributed by atoms with Gasteiger partial charge in [0.15, 0.2) is 0 Å². The molecule has 2 saturated heterocycles. The van der Waals surface area contributed by atoms with Gasteiger partial charge in [-0.3, -0.25) is 0 Å². The largest absolute Gasteiger partial charge is 0.445 e. The van der Waals surface area contributed by atoms with Crippen LogP contribution in [0.3, 0.4) is 0 Å². The van der Waals surface area contributed by atoms with Crippen LogP contribution in [-0.4, -0.2) is 43.3 Å². The van der Waals surface area contributed by atoms with E-state index in [-0.39, 0.29) is 12.2 Å². The molecule has 86 valence electrons. The van der Waals surface area contributed by atoms with Crippen LogP contribution >= 0.6 is 0 Å². The molecule has 2 aliphatic heterocycles. The summed E-state index contributed by atoms with van der Waals surface area (Å²) in [5, 5.41) is 3.19. The maximum Gasteiger partial charge on any atom is 0.410 e. The van der Waals surface area contributed by atoms with Crippen LogP contribution < -0.4 is 5.32 Å². The van der Waals surface area contributed by atoms with Crippen molar-refractivity contribution in [3.05, 3.63) is 0 Å². The number of hydrogen-bond donors (Lipinski definition) is 1. The Morgan fingerprint density at radius 3 is 3.00 bits per heavy atom. The number of hydrogen-bond acceptors (Lipinski definition) is 3. The Labute approximate surface area is 91.0 Å². The molecule has 0 aromatic rings. The normalized spacial score (nSPS) is 31.7. The summed E-state index contributed by atoms with van der Waals surface area (Å²) in [6, 6.07) is 0. The lowest BCUT2D eigenvalue weighted by Crippen LogP contribution is -2.41. The van der Waals surface area contributed by atoms with Gasteiger partial charge < -0.3 is 15.0 Å². The lowest BCUT2D eigenvalue weighted by atomic mass is 10.0. The predicted octanol–water partition coefficient (Wildman–Crippen LogP) is 1.22. The molecular weight excluding hydrogens is 192 g/mol. The fourth-order valence-corrected chi connectivity index (χ4v) is 2.30. The van der Waals surface area contributed by atoms with Crippen molar-refractivity contribution in [2.45, 2.75) is 32.3 Å². The van der Waals surface area contributed by atoms with E-state index in [1.807, 2.05) is 4.90 Å². The Bertz CT molecular complexity index is 227. The summed E-state index contributed by atoms with van der Waals surface area (Å²) < 4.78 is 5.42. The van der Waals surface area contributed by atoms with Gasteiger partial charge in [-0.2, -0.15) is 0 Å². The monoisotopic (exact) mass is 212 g/mol. The summed E-state index contributed by atoms with van der Waals surface area (Å²) >= 11 is 0. The Hall–Kier alpha value is -0.770. The molecule has 0 aliphatic carbocycles. The first-order valence-electron chi connectivity index (χ1n) is 5.92. The second kappa shape index (κ2) is 4.84. The van der Waals surface area contributed by atoms with Gasteiger partial charge in [-0.05, 0) is 31.7 Å². The van der Waals surface area contributed by atoms with Crippen LogP contribution in [0.25, 0.3) is 0 Å². The van der Waals surface area contributed by atoms with Crippen LogP contribution in [0.1, 0.15) is 26.2 Å². The van der Waals surface area contributed by atoms with Crippen molar-refractivity contribution in [3.63, 3.8) is 0 Å². The molecule has 0 spiro atoms. The molecule has 1 amide bonds. The average molecular weight is 212 g/mol. The van der Waals surface area contributed by atoms with Crippen LogP contribution in [0.5, 0.6) is 0 Å². The molecule has 2 fully saturated rings. The third-order valence-corrected chi connectivity index (χ3v) is 3.20. The Kier molecular flexibility index (Phi) is 3.46. The standard InChI is InChI=1S/C11H20N2O2/c1-9-3-2-6-13(8-9)11(14)15-10-4-5-12-7-10/h9-10,12H,2-8H2,1H3. The van der Waals surface area contributed by atoms with Crippen LogP contribution in [-0.2, 0) is 4.74 Å². The first-order chi connectivity index (χ1) is 7.25. The number of rotatable bonds is 1. The van der Waals surface area contributed by atoms with Crippen molar-refractivity contribution in [2.75, 3.05) is 26.2 Å². The molecule has 4 heteroatoms. The molecule has 1 N–H and O–H groups in total. The zero-order valence-corrected chi connectivity index (χ0v) is 9.37. The van der Waals surface area contributed by atoms with E-state index in [1.54, 1.807) is 0 Å². The molecule has 0 bridgehead atoms. The molecule has 2 atom stereocenters. The van der Waals surface area contributed by atoms with Crippen molar-refractivity contribution in [2.24, 2.45) is 5.92 Å². The minimum absolute atomic E-state index is 0.0923. The fraction of sp³-hybridized carbons (Fsp3) is 0.909. The molecule has 0 aromatic carbocycles. The van der Waals surface area contributed by atoms with E-state index in [0.29, 0.717) is 5.92 Å². The number of ether oxygens (including phenoxy) is 1. The van der Waals surface area contributed by atoms with Crippen molar-refractivity contribution in [1.82, 2.24) is 10.2 Å². The number of nitrogens with zero attached hydrogens (tertiary/aromatic N) is 1. The number of carbonyl (C=O) groups is 1. The van der Waals surface area contributed by atoms with Crippen LogP contribution in [0.2, 0.25) is 0 Å². The third-order valence-electron chi connectivity index (χ3n) is 3.20. The molecule has 0 radical (unpaired) electrons. The lowest BCUT2D eigenvalue weighted by molar-refractivity contribution is 0.0585. The van der Waals surface area contributed by atoms with E-state index in [1.165, 1.54) is 6.42 Å². The van der Waals surface area contributed by atoms with E-state index in [4.69, 9.17) is 4.74 Å².